The van der Waals surface area contributed by atoms with Crippen molar-refractivity contribution in [2.75, 3.05) is 81.6 Å². The number of likely N-dealkylation sites (N-methyl/N-ethyl adjacent to an activating group) is 1. The number of fused-ring (bicyclic) bond motifs is 1. The molecule has 1 N–H and O–H groups in total. The number of methoxy groups -OCH3 is 1. The second-order valence-corrected chi connectivity index (χ2v) is 13.5. The van der Waals surface area contributed by atoms with E-state index < -0.39 is 0 Å². The molecule has 4 aliphatic rings. The summed E-state index contributed by atoms with van der Waals surface area (Å²) in [6.07, 6.45) is 6.10. The van der Waals surface area contributed by atoms with Gasteiger partial charge in [0.15, 0.2) is 0 Å². The van der Waals surface area contributed by atoms with Gasteiger partial charge in [-0.25, -0.2) is 9.78 Å². The van der Waals surface area contributed by atoms with Gasteiger partial charge in [-0.2, -0.15) is 4.98 Å². The van der Waals surface area contributed by atoms with Gasteiger partial charge in [0.05, 0.1) is 25.4 Å². The lowest BCUT2D eigenvalue weighted by molar-refractivity contribution is -0.125. The number of anilines is 4. The summed E-state index contributed by atoms with van der Waals surface area (Å²) in [6.45, 7) is 12.1. The fourth-order valence-corrected chi connectivity index (χ4v) is 7.61. The van der Waals surface area contributed by atoms with Crippen molar-refractivity contribution in [1.29, 1.82) is 0 Å². The highest BCUT2D eigenvalue weighted by atomic mass is 16.5. The first kappa shape index (κ1) is 32.8. The van der Waals surface area contributed by atoms with E-state index in [9.17, 15) is 9.59 Å². The van der Waals surface area contributed by atoms with Crippen molar-refractivity contribution in [2.24, 2.45) is 0 Å². The van der Waals surface area contributed by atoms with Crippen molar-refractivity contribution >= 4 is 35.1 Å². The number of aromatic nitrogens is 2. The molecule has 1 atom stereocenters. The Morgan fingerprint density at radius 1 is 1.00 bits per heavy atom. The van der Waals surface area contributed by atoms with Crippen LogP contribution in [0.15, 0.2) is 67.4 Å². The average molecular weight is 666 g/mol. The summed E-state index contributed by atoms with van der Waals surface area (Å²) in [5.74, 6) is 1.53. The minimum atomic E-state index is -0.217. The van der Waals surface area contributed by atoms with Crippen LogP contribution in [0, 0.1) is 0 Å². The Hall–Kier alpha value is -4.68. The first-order chi connectivity index (χ1) is 23.9. The second-order valence-electron chi connectivity index (χ2n) is 13.5. The maximum atomic E-state index is 14.1. The molecule has 0 aliphatic carbocycles. The van der Waals surface area contributed by atoms with Crippen LogP contribution >= 0.6 is 0 Å². The monoisotopic (exact) mass is 665 g/mol. The minimum Gasteiger partial charge on any atom is -0.494 e. The minimum absolute atomic E-state index is 0.128. The van der Waals surface area contributed by atoms with Crippen LogP contribution in [0.3, 0.4) is 0 Å². The maximum absolute atomic E-state index is 14.1. The molecule has 3 amide bonds. The largest absolute Gasteiger partial charge is 0.494 e. The number of carbonyl (C=O) groups excluding carboxylic acids is 2. The van der Waals surface area contributed by atoms with Gasteiger partial charge in [0.2, 0.25) is 11.9 Å². The van der Waals surface area contributed by atoms with Crippen LogP contribution in [0.2, 0.25) is 0 Å². The van der Waals surface area contributed by atoms with E-state index in [1.165, 1.54) is 6.08 Å². The van der Waals surface area contributed by atoms with E-state index in [2.05, 4.69) is 50.8 Å². The van der Waals surface area contributed by atoms with Crippen LogP contribution in [-0.4, -0.2) is 120 Å². The molecule has 0 bridgehead atoms. The number of hydrogen-bond donors (Lipinski definition) is 1. The van der Waals surface area contributed by atoms with Crippen molar-refractivity contribution in [3.63, 3.8) is 0 Å². The van der Waals surface area contributed by atoms with E-state index >= 15 is 0 Å². The molecule has 12 nitrogen and oxygen atoms in total. The van der Waals surface area contributed by atoms with Crippen molar-refractivity contribution in [3.8, 4) is 5.75 Å². The smallest absolute Gasteiger partial charge is 0.326 e. The van der Waals surface area contributed by atoms with Crippen LogP contribution in [0.4, 0.5) is 27.9 Å². The number of piperidine rings is 1. The Labute approximate surface area is 288 Å². The number of nitrogens with zero attached hydrogens (tertiary/aromatic N) is 8. The lowest BCUT2D eigenvalue weighted by Crippen LogP contribution is -2.52. The second kappa shape index (κ2) is 14.4. The van der Waals surface area contributed by atoms with Gasteiger partial charge < -0.3 is 29.7 Å². The van der Waals surface area contributed by atoms with Gasteiger partial charge in [-0.05, 0) is 50.1 Å². The number of urea groups is 1. The molecule has 3 fully saturated rings. The Morgan fingerprint density at radius 3 is 2.49 bits per heavy atom. The predicted octanol–water partition coefficient (Wildman–Crippen LogP) is 4.17. The predicted molar refractivity (Wildman–Crippen MR) is 191 cm³/mol. The molecule has 4 aliphatic heterocycles. The van der Waals surface area contributed by atoms with Crippen molar-refractivity contribution in [3.05, 3.63) is 78.5 Å². The molecular formula is C37H47N9O3. The zero-order chi connectivity index (χ0) is 33.9. The molecule has 12 heteroatoms. The van der Waals surface area contributed by atoms with Gasteiger partial charge in [-0.15, -0.1) is 0 Å². The van der Waals surface area contributed by atoms with E-state index in [1.54, 1.807) is 23.1 Å². The number of carbonyl (C=O) groups is 2. The Balaban J connectivity index is 1.09. The van der Waals surface area contributed by atoms with E-state index in [1.807, 2.05) is 41.3 Å². The summed E-state index contributed by atoms with van der Waals surface area (Å²) in [6, 6.07) is 16.5. The lowest BCUT2D eigenvalue weighted by atomic mass is 10.0. The number of piperazine rings is 1. The highest BCUT2D eigenvalue weighted by Crippen LogP contribution is 2.36. The third kappa shape index (κ3) is 7.06. The zero-order valence-electron chi connectivity index (χ0n) is 28.6. The Kier molecular flexibility index (Phi) is 9.67. The van der Waals surface area contributed by atoms with E-state index in [0.717, 1.165) is 74.6 Å². The van der Waals surface area contributed by atoms with Gasteiger partial charge in [0.25, 0.3) is 0 Å². The summed E-state index contributed by atoms with van der Waals surface area (Å²) in [4.78, 5) is 49.0. The van der Waals surface area contributed by atoms with Crippen molar-refractivity contribution < 1.29 is 14.3 Å². The molecule has 0 unspecified atom stereocenters. The van der Waals surface area contributed by atoms with Gasteiger partial charge in [0, 0.05) is 88.5 Å². The summed E-state index contributed by atoms with van der Waals surface area (Å²) >= 11 is 0. The lowest BCUT2D eigenvalue weighted by Gasteiger charge is -2.42. The van der Waals surface area contributed by atoms with Crippen LogP contribution < -0.4 is 19.9 Å². The number of hydrogen-bond acceptors (Lipinski definition) is 9. The van der Waals surface area contributed by atoms with Crippen LogP contribution in [0.5, 0.6) is 5.75 Å². The molecular weight excluding hydrogens is 618 g/mol. The van der Waals surface area contributed by atoms with Crippen molar-refractivity contribution in [1.82, 2.24) is 29.6 Å². The number of nitrogens with one attached hydrogen (secondary N) is 1. The van der Waals surface area contributed by atoms with E-state index in [-0.39, 0.29) is 18.0 Å². The highest BCUT2D eigenvalue weighted by Gasteiger charge is 2.40. The number of amides is 3. The van der Waals surface area contributed by atoms with Crippen LogP contribution in [0.1, 0.15) is 30.4 Å². The molecule has 1 aromatic heterocycles. The van der Waals surface area contributed by atoms with E-state index in [0.29, 0.717) is 56.2 Å². The standard InChI is InChI=1S/C37H47N9O3/c1-4-34(47)44-17-14-31(26-44)46-35-28(25-45(37(46)48)24-27-8-6-5-7-9-27)23-38-36(40-35)39-32-11-10-30(22-33(32)49-3)42-15-12-29(13-16-42)43-20-18-41(2)19-21-43/h4-11,22-23,29,31H,1,12-21,24-26H2,2-3H3,(H,38,39,40)/t31-/m0/s1. The molecule has 0 radical (unpaired) electrons. The van der Waals surface area contributed by atoms with Crippen molar-refractivity contribution in [2.45, 2.75) is 44.4 Å². The summed E-state index contributed by atoms with van der Waals surface area (Å²) < 4.78 is 5.85. The fraction of sp³-hybridized carbons (Fsp3) is 0.459. The molecule has 5 heterocycles. The summed E-state index contributed by atoms with van der Waals surface area (Å²) in [5, 5.41) is 3.36. The zero-order valence-corrected chi connectivity index (χ0v) is 28.6. The van der Waals surface area contributed by atoms with Crippen LogP contribution in [-0.2, 0) is 17.9 Å². The molecule has 7 rings (SSSR count). The molecule has 0 spiro atoms. The number of benzene rings is 2. The van der Waals surface area contributed by atoms with Gasteiger partial charge in [-0.3, -0.25) is 14.6 Å². The van der Waals surface area contributed by atoms with Gasteiger partial charge in [0.1, 0.15) is 11.6 Å². The Morgan fingerprint density at radius 2 is 1.76 bits per heavy atom. The van der Waals surface area contributed by atoms with Crippen LogP contribution in [0.25, 0.3) is 0 Å². The molecule has 49 heavy (non-hydrogen) atoms. The number of rotatable bonds is 9. The molecule has 0 saturated carbocycles. The third-order valence-corrected chi connectivity index (χ3v) is 10.5. The topological polar surface area (TPSA) is 101 Å². The first-order valence-electron chi connectivity index (χ1n) is 17.4. The fourth-order valence-electron chi connectivity index (χ4n) is 7.61. The first-order valence-corrected chi connectivity index (χ1v) is 17.4. The van der Waals surface area contributed by atoms with Gasteiger partial charge >= 0.3 is 6.03 Å². The summed E-state index contributed by atoms with van der Waals surface area (Å²) in [5.41, 5.74) is 3.79. The maximum Gasteiger partial charge on any atom is 0.326 e. The Bertz CT molecular complexity index is 1650. The number of ether oxygens (including phenoxy) is 1. The molecule has 3 saturated heterocycles. The quantitative estimate of drug-likeness (QED) is 0.338. The molecule has 2 aromatic carbocycles. The average Bonchev–Trinajstić information content (AvgIpc) is 3.63. The van der Waals surface area contributed by atoms with E-state index in [4.69, 9.17) is 9.72 Å². The SMILES string of the molecule is C=CC(=O)N1CC[C@H](N2C(=O)N(Cc3ccccc3)Cc3cnc(Nc4ccc(N5CCC(N6CCN(C)CC6)CC5)cc4OC)nc32)C1. The molecule has 3 aromatic rings. The third-order valence-electron chi connectivity index (χ3n) is 10.5. The molecule has 258 valence electrons. The normalized spacial score (nSPS) is 20.8. The number of likely N-dealkylation sites (tertiary alicyclic amines) is 1. The highest BCUT2D eigenvalue weighted by molar-refractivity contribution is 5.95. The van der Waals surface area contributed by atoms with Gasteiger partial charge in [-0.1, -0.05) is 36.9 Å². The summed E-state index contributed by atoms with van der Waals surface area (Å²) in [7, 11) is 3.88.